The van der Waals surface area contributed by atoms with Crippen LogP contribution >= 0.6 is 47.3 Å². The molecule has 0 spiro atoms. The summed E-state index contributed by atoms with van der Waals surface area (Å²) >= 11 is 9.31. The van der Waals surface area contributed by atoms with Gasteiger partial charge in [-0.15, -0.1) is 47.3 Å². The van der Waals surface area contributed by atoms with Crippen molar-refractivity contribution in [2.75, 3.05) is 21.3 Å². The molecule has 0 aliphatic heterocycles. The number of fused-ring (bicyclic) bond motifs is 1. The quantitative estimate of drug-likeness (QED) is 0.467. The third-order valence-corrected chi connectivity index (χ3v) is 4.35. The summed E-state index contributed by atoms with van der Waals surface area (Å²) < 4.78 is 16.2. The molecule has 0 saturated heterocycles. The molecular formula is C19H17BBr3NO4. The van der Waals surface area contributed by atoms with E-state index in [4.69, 9.17) is 14.2 Å². The van der Waals surface area contributed by atoms with Crippen molar-refractivity contribution in [2.45, 2.75) is 12.3 Å². The minimum absolute atomic E-state index is 0.0168. The fraction of sp³-hybridized carbons (Fsp3) is 0.263. The molecule has 0 saturated carbocycles. The molecule has 3 rings (SSSR count). The van der Waals surface area contributed by atoms with Crippen molar-refractivity contribution in [1.29, 1.82) is 5.26 Å². The number of nitrogens with zero attached hydrogens (tertiary/aromatic N) is 1. The van der Waals surface area contributed by atoms with Crippen molar-refractivity contribution in [3.05, 3.63) is 52.6 Å². The van der Waals surface area contributed by atoms with Crippen LogP contribution < -0.4 is 14.2 Å². The highest BCUT2D eigenvalue weighted by molar-refractivity contribution is 9.69. The van der Waals surface area contributed by atoms with E-state index >= 15 is 0 Å². The molecule has 1 aliphatic rings. The number of methoxy groups -OCH3 is 3. The Hall–Kier alpha value is -1.50. The van der Waals surface area contributed by atoms with E-state index in [1.165, 1.54) is 14.2 Å². The summed E-state index contributed by atoms with van der Waals surface area (Å²) in [5.41, 5.74) is 2.65. The number of halogens is 3. The number of rotatable bonds is 4. The van der Waals surface area contributed by atoms with Gasteiger partial charge in [-0.1, -0.05) is 0 Å². The Kier molecular flexibility index (Phi) is 8.41. The van der Waals surface area contributed by atoms with Crippen molar-refractivity contribution in [1.82, 2.24) is 0 Å². The largest absolute Gasteiger partial charge is 0.497 e. The molecule has 5 nitrogen and oxygen atoms in total. The number of benzene rings is 2. The van der Waals surface area contributed by atoms with Crippen molar-refractivity contribution in [3.63, 3.8) is 0 Å². The summed E-state index contributed by atoms with van der Waals surface area (Å²) in [5.74, 6) is 1.30. The van der Waals surface area contributed by atoms with Gasteiger partial charge in [0.1, 0.15) is 23.3 Å². The zero-order chi connectivity index (χ0) is 20.8. The zero-order valence-electron chi connectivity index (χ0n) is 15.5. The summed E-state index contributed by atoms with van der Waals surface area (Å²) in [6, 6.07) is 10.9. The molecule has 0 N–H and O–H groups in total. The molecule has 0 bridgehead atoms. The fourth-order valence-corrected chi connectivity index (χ4v) is 3.17. The maximum Gasteiger partial charge on any atom is 0.369 e. The van der Waals surface area contributed by atoms with Crippen molar-refractivity contribution in [3.8, 4) is 23.3 Å². The summed E-state index contributed by atoms with van der Waals surface area (Å²) in [6.45, 7) is 0. The van der Waals surface area contributed by atoms with Gasteiger partial charge in [0.15, 0.2) is 5.78 Å². The van der Waals surface area contributed by atoms with Crippen LogP contribution in [-0.2, 0) is 6.42 Å². The fourth-order valence-electron chi connectivity index (χ4n) is 3.17. The van der Waals surface area contributed by atoms with Gasteiger partial charge in [0, 0.05) is 17.2 Å². The van der Waals surface area contributed by atoms with E-state index in [1.54, 1.807) is 31.4 Å². The van der Waals surface area contributed by atoms with Gasteiger partial charge in [-0.05, 0) is 36.2 Å². The van der Waals surface area contributed by atoms with Crippen LogP contribution in [0.1, 0.15) is 33.0 Å². The highest BCUT2D eigenvalue weighted by Gasteiger charge is 2.35. The third kappa shape index (κ3) is 5.10. The first-order valence-electron chi connectivity index (χ1n) is 8.15. The van der Waals surface area contributed by atoms with Crippen LogP contribution in [0.5, 0.6) is 17.2 Å². The van der Waals surface area contributed by atoms with Crippen LogP contribution in [0.4, 0.5) is 0 Å². The molecule has 0 aromatic heterocycles. The number of carbonyl (C=O) groups excluding carboxylic acids is 1. The van der Waals surface area contributed by atoms with Gasteiger partial charge in [-0.3, -0.25) is 4.79 Å². The Morgan fingerprint density at radius 1 is 1.04 bits per heavy atom. The topological polar surface area (TPSA) is 68.6 Å². The van der Waals surface area contributed by atoms with Crippen LogP contribution in [0.2, 0.25) is 0 Å². The van der Waals surface area contributed by atoms with Crippen LogP contribution in [-0.4, -0.2) is 30.3 Å². The first-order chi connectivity index (χ1) is 13.4. The van der Waals surface area contributed by atoms with Gasteiger partial charge in [0.05, 0.1) is 32.8 Å². The summed E-state index contributed by atoms with van der Waals surface area (Å²) in [6.07, 6.45) is 0.541. The lowest BCUT2D eigenvalue weighted by Gasteiger charge is -2.16. The van der Waals surface area contributed by atoms with E-state index in [9.17, 15) is 10.1 Å². The highest BCUT2D eigenvalue weighted by Crippen LogP contribution is 2.42. The van der Waals surface area contributed by atoms with E-state index in [0.29, 0.717) is 34.6 Å². The van der Waals surface area contributed by atoms with Crippen molar-refractivity contribution in [2.24, 2.45) is 0 Å². The summed E-state index contributed by atoms with van der Waals surface area (Å²) in [5, 5.41) is 9.36. The lowest BCUT2D eigenvalue weighted by atomic mass is 9.92. The van der Waals surface area contributed by atoms with E-state index in [2.05, 4.69) is 53.3 Å². The first kappa shape index (κ1) is 22.8. The molecular weight excluding hydrogens is 557 g/mol. The molecule has 146 valence electrons. The minimum Gasteiger partial charge on any atom is -0.497 e. The number of hydrogen-bond acceptors (Lipinski definition) is 5. The minimum atomic E-state index is -0.399. The van der Waals surface area contributed by atoms with Crippen LogP contribution in [0, 0.1) is 11.3 Å². The van der Waals surface area contributed by atoms with Crippen molar-refractivity contribution < 1.29 is 19.0 Å². The summed E-state index contributed by atoms with van der Waals surface area (Å²) in [4.78, 5) is 12.8. The maximum atomic E-state index is 12.8. The molecule has 1 unspecified atom stereocenters. The smallest absolute Gasteiger partial charge is 0.369 e. The van der Waals surface area contributed by atoms with Crippen molar-refractivity contribution >= 4 is 56.2 Å². The number of hydrogen-bond donors (Lipinski definition) is 0. The third-order valence-electron chi connectivity index (χ3n) is 4.35. The predicted molar refractivity (Wildman–Crippen MR) is 121 cm³/mol. The summed E-state index contributed by atoms with van der Waals surface area (Å²) in [7, 11) is 4.63. The Labute approximate surface area is 189 Å². The van der Waals surface area contributed by atoms with Gasteiger partial charge in [0.2, 0.25) is 0 Å². The number of carbonyl (C=O) groups is 1. The van der Waals surface area contributed by atoms with E-state index in [-0.39, 0.29) is 8.97 Å². The maximum absolute atomic E-state index is 12.8. The molecule has 9 heteroatoms. The number of nitriles is 1. The van der Waals surface area contributed by atoms with Gasteiger partial charge in [-0.2, -0.15) is 5.26 Å². The molecule has 2 aromatic rings. The van der Waals surface area contributed by atoms with Gasteiger partial charge >= 0.3 is 3.18 Å². The van der Waals surface area contributed by atoms with Gasteiger partial charge in [0.25, 0.3) is 0 Å². The van der Waals surface area contributed by atoms with Crippen LogP contribution in [0.15, 0.2) is 30.3 Å². The second-order valence-corrected chi connectivity index (χ2v) is 12.2. The SMILES string of the molecule is BrB(Br)Br.COc1ccc2c(c1)CC(c1cc(OC)cc(C#N)c1OC)C2=O. The molecule has 28 heavy (non-hydrogen) atoms. The van der Waals surface area contributed by atoms with Gasteiger partial charge in [-0.25, -0.2) is 0 Å². The van der Waals surface area contributed by atoms with Crippen LogP contribution in [0.3, 0.4) is 0 Å². The van der Waals surface area contributed by atoms with Crippen LogP contribution in [0.25, 0.3) is 0 Å². The van der Waals surface area contributed by atoms with E-state index < -0.39 is 5.92 Å². The lowest BCUT2D eigenvalue weighted by Crippen LogP contribution is -2.10. The second kappa shape index (κ2) is 10.3. The highest BCUT2D eigenvalue weighted by atomic mass is 79.9. The molecule has 0 amide bonds. The Bertz CT molecular complexity index is 912. The normalized spacial score (nSPS) is 14.3. The lowest BCUT2D eigenvalue weighted by molar-refractivity contribution is 0.0971. The zero-order valence-corrected chi connectivity index (χ0v) is 20.2. The predicted octanol–water partition coefficient (Wildman–Crippen LogP) is 5.26. The number of ketones is 1. The first-order valence-corrected chi connectivity index (χ1v) is 10.9. The van der Waals surface area contributed by atoms with E-state index in [1.807, 2.05) is 6.07 Å². The Morgan fingerprint density at radius 3 is 2.21 bits per heavy atom. The molecule has 0 radical (unpaired) electrons. The second-order valence-electron chi connectivity index (χ2n) is 5.80. The Balaban J connectivity index is 0.000000640. The molecule has 1 aliphatic carbocycles. The van der Waals surface area contributed by atoms with E-state index in [0.717, 1.165) is 11.3 Å². The molecule has 0 fully saturated rings. The number of Topliss-reactive ketones (excluding diaryl/α,β-unsaturated/α-hetero) is 1. The standard InChI is InChI=1S/C19H17NO4.BBr3/c1-22-13-4-5-15-11(6-13)8-16(18(15)21)17-9-14(23-2)7-12(10-20)19(17)24-3;2-1(3)4/h4-7,9,16H,8H2,1-3H3;. The van der Waals surface area contributed by atoms with Gasteiger partial charge < -0.3 is 14.2 Å². The molecule has 2 aromatic carbocycles. The monoisotopic (exact) mass is 571 g/mol. The average Bonchev–Trinajstić information content (AvgIpc) is 3.02. The number of ether oxygens (including phenoxy) is 3. The Morgan fingerprint density at radius 2 is 1.68 bits per heavy atom. The molecule has 1 atom stereocenters. The molecule has 0 heterocycles. The average molecular weight is 574 g/mol.